The molecule has 0 bridgehead atoms. The monoisotopic (exact) mass is 727 g/mol. The van der Waals surface area contributed by atoms with E-state index in [0.29, 0.717) is 80.0 Å². The first-order chi connectivity index (χ1) is 24.6. The molecule has 0 aromatic carbocycles. The van der Waals surface area contributed by atoms with Gasteiger partial charge in [-0.3, -0.25) is 9.69 Å². The number of carbonyl (C=O) groups excluding carboxylic acids is 1. The van der Waals surface area contributed by atoms with Gasteiger partial charge in [0, 0.05) is 69.5 Å². The smallest absolute Gasteiger partial charge is 0.433 e. The van der Waals surface area contributed by atoms with E-state index in [1.807, 2.05) is 11.9 Å². The molecular weight excluding hydrogens is 679 g/mol. The Balaban J connectivity index is 1.47. The van der Waals surface area contributed by atoms with E-state index in [2.05, 4.69) is 47.5 Å². The molecule has 13 nitrogen and oxygen atoms in total. The molecule has 1 saturated heterocycles. The van der Waals surface area contributed by atoms with Crippen LogP contribution in [0.15, 0.2) is 30.6 Å². The number of pyridine rings is 2. The number of aromatic amines is 1. The summed E-state index contributed by atoms with van der Waals surface area (Å²) < 4.78 is 57.6. The van der Waals surface area contributed by atoms with E-state index in [1.165, 1.54) is 6.07 Å². The lowest BCUT2D eigenvalue weighted by atomic mass is 9.94. The number of hydrogen-bond acceptors (Lipinski definition) is 12. The maximum absolute atomic E-state index is 13.9. The number of anilines is 2. The van der Waals surface area contributed by atoms with Crippen molar-refractivity contribution in [3.05, 3.63) is 36.3 Å². The Labute approximate surface area is 301 Å². The number of fused-ring (bicyclic) bond motifs is 1. The number of nitrogens with zero attached hydrogens (tertiary/aromatic N) is 8. The minimum Gasteiger partial charge on any atom is -0.478 e. The molecule has 2 atom stereocenters. The van der Waals surface area contributed by atoms with Crippen LogP contribution in [0.2, 0.25) is 0 Å². The van der Waals surface area contributed by atoms with Gasteiger partial charge in [-0.05, 0) is 39.8 Å². The van der Waals surface area contributed by atoms with Crippen LogP contribution in [-0.4, -0.2) is 113 Å². The number of carbonyl (C=O) groups is 1. The SMILES string of the molecule is CCOC(=O)CCN1[C@H](C)CN(c2cnc(-c3nc4nc(-c5cc(OCC)nc(C(F)(F)F)c5)cc(N(C)CC(C)(C)COC)c4[nH]3)cn2)C[C@@H]1C. The predicted molar refractivity (Wildman–Crippen MR) is 192 cm³/mol. The third-order valence-electron chi connectivity index (χ3n) is 8.92. The first kappa shape index (κ1) is 38.7. The third-order valence-corrected chi connectivity index (χ3v) is 8.92. The molecule has 1 aliphatic rings. The van der Waals surface area contributed by atoms with Crippen LogP contribution < -0.4 is 14.5 Å². The highest BCUT2D eigenvalue weighted by Gasteiger charge is 2.34. The second-order valence-electron chi connectivity index (χ2n) is 13.9. The lowest BCUT2D eigenvalue weighted by Crippen LogP contribution is -2.57. The first-order valence-electron chi connectivity index (χ1n) is 17.4. The number of H-pyrrole nitrogens is 1. The Bertz CT molecular complexity index is 1820. The molecule has 0 amide bonds. The van der Waals surface area contributed by atoms with Crippen LogP contribution in [-0.2, 0) is 20.4 Å². The molecule has 1 aliphatic heterocycles. The van der Waals surface area contributed by atoms with Gasteiger partial charge in [0.25, 0.3) is 0 Å². The van der Waals surface area contributed by atoms with E-state index in [4.69, 9.17) is 34.1 Å². The van der Waals surface area contributed by atoms with Crippen LogP contribution >= 0.6 is 0 Å². The van der Waals surface area contributed by atoms with Gasteiger partial charge in [-0.25, -0.2) is 24.9 Å². The van der Waals surface area contributed by atoms with Crippen LogP contribution in [0, 0.1) is 5.41 Å². The minimum absolute atomic E-state index is 0.148. The van der Waals surface area contributed by atoms with Gasteiger partial charge in [0.1, 0.15) is 22.7 Å². The molecule has 1 fully saturated rings. The number of methoxy groups -OCH3 is 1. The van der Waals surface area contributed by atoms with Crippen molar-refractivity contribution in [2.24, 2.45) is 5.41 Å². The molecule has 1 N–H and O–H groups in total. The fourth-order valence-corrected chi connectivity index (χ4v) is 6.77. The average molecular weight is 728 g/mol. The van der Waals surface area contributed by atoms with Crippen LogP contribution in [0.3, 0.4) is 0 Å². The van der Waals surface area contributed by atoms with Gasteiger partial charge in [0.15, 0.2) is 11.5 Å². The van der Waals surface area contributed by atoms with Gasteiger partial charge in [0.05, 0.1) is 50.0 Å². The Morgan fingerprint density at radius 1 is 1.00 bits per heavy atom. The molecule has 5 rings (SSSR count). The van der Waals surface area contributed by atoms with E-state index in [0.717, 1.165) is 6.07 Å². The Hall–Kier alpha value is -4.57. The van der Waals surface area contributed by atoms with E-state index in [-0.39, 0.29) is 47.2 Å². The second kappa shape index (κ2) is 16.0. The highest BCUT2D eigenvalue weighted by atomic mass is 19.4. The number of piperazine rings is 1. The fourth-order valence-electron chi connectivity index (χ4n) is 6.77. The molecule has 4 aromatic heterocycles. The van der Waals surface area contributed by atoms with Crippen molar-refractivity contribution in [2.45, 2.75) is 66.2 Å². The van der Waals surface area contributed by atoms with Gasteiger partial charge in [-0.15, -0.1) is 0 Å². The standard InChI is InChI=1S/C36H48F3N9O4/c1-9-51-30-14-24(13-28(43-30)36(37,38)39)25-15-27(46(7)20-35(5,6)21-50-8)32-34(42-25)45-33(44-32)26-16-41-29(17-40-26)47-18-22(3)48(23(4)19-47)12-11-31(49)52-10-2/h13-17,22-23H,9-12,18-21H2,1-8H3,(H,42,44,45)/t22-,23+. The van der Waals surface area contributed by atoms with Crippen molar-refractivity contribution in [2.75, 3.05) is 70.0 Å². The number of imidazole rings is 1. The third kappa shape index (κ3) is 9.07. The highest BCUT2D eigenvalue weighted by Crippen LogP contribution is 2.36. The van der Waals surface area contributed by atoms with Crippen molar-refractivity contribution in [1.29, 1.82) is 0 Å². The number of aromatic nitrogens is 6. The molecule has 0 unspecified atom stereocenters. The maximum Gasteiger partial charge on any atom is 0.433 e. The summed E-state index contributed by atoms with van der Waals surface area (Å²) in [6.07, 6.45) is -0.985. The number of ether oxygens (including phenoxy) is 3. The summed E-state index contributed by atoms with van der Waals surface area (Å²) in [6.45, 7) is 15.5. The van der Waals surface area contributed by atoms with E-state index < -0.39 is 11.9 Å². The molecule has 5 heterocycles. The van der Waals surface area contributed by atoms with Crippen molar-refractivity contribution >= 4 is 28.6 Å². The summed E-state index contributed by atoms with van der Waals surface area (Å²) in [4.78, 5) is 44.3. The van der Waals surface area contributed by atoms with Crippen molar-refractivity contribution < 1.29 is 32.2 Å². The summed E-state index contributed by atoms with van der Waals surface area (Å²) in [6, 6.07) is 4.51. The summed E-state index contributed by atoms with van der Waals surface area (Å²) in [5.74, 6) is 0.786. The molecule has 16 heteroatoms. The number of esters is 1. The van der Waals surface area contributed by atoms with Gasteiger partial charge in [-0.2, -0.15) is 13.2 Å². The van der Waals surface area contributed by atoms with Crippen molar-refractivity contribution in [3.63, 3.8) is 0 Å². The van der Waals surface area contributed by atoms with Gasteiger partial charge in [-0.1, -0.05) is 13.8 Å². The minimum atomic E-state index is -4.69. The van der Waals surface area contributed by atoms with E-state index >= 15 is 0 Å². The van der Waals surface area contributed by atoms with E-state index in [9.17, 15) is 18.0 Å². The molecule has 0 aliphatic carbocycles. The summed E-state index contributed by atoms with van der Waals surface area (Å²) in [5, 5.41) is 0. The van der Waals surface area contributed by atoms with Crippen molar-refractivity contribution in [1.82, 2.24) is 34.8 Å². The van der Waals surface area contributed by atoms with Gasteiger partial charge >= 0.3 is 12.1 Å². The molecule has 4 aromatic rings. The van der Waals surface area contributed by atoms with Gasteiger partial charge in [0.2, 0.25) is 5.88 Å². The number of nitrogens with one attached hydrogen (secondary N) is 1. The van der Waals surface area contributed by atoms with Crippen LogP contribution in [0.5, 0.6) is 5.88 Å². The Morgan fingerprint density at radius 2 is 1.73 bits per heavy atom. The molecule has 0 radical (unpaired) electrons. The molecule has 0 saturated carbocycles. The highest BCUT2D eigenvalue weighted by molar-refractivity contribution is 5.91. The average Bonchev–Trinajstić information content (AvgIpc) is 3.51. The predicted octanol–water partition coefficient (Wildman–Crippen LogP) is 5.86. The zero-order chi connectivity index (χ0) is 37.8. The molecule has 282 valence electrons. The maximum atomic E-state index is 13.9. The molecule has 52 heavy (non-hydrogen) atoms. The number of alkyl halides is 3. The summed E-state index contributed by atoms with van der Waals surface area (Å²) in [5.41, 5.74) is 1.19. The lowest BCUT2D eigenvalue weighted by molar-refractivity contribution is -0.144. The normalized spacial score (nSPS) is 17.1. The Morgan fingerprint density at radius 3 is 2.35 bits per heavy atom. The summed E-state index contributed by atoms with van der Waals surface area (Å²) >= 11 is 0. The molecule has 0 spiro atoms. The summed E-state index contributed by atoms with van der Waals surface area (Å²) in [7, 11) is 3.55. The van der Waals surface area contributed by atoms with Crippen LogP contribution in [0.4, 0.5) is 24.7 Å². The molecular formula is C36H48F3N9O4. The zero-order valence-corrected chi connectivity index (χ0v) is 31.0. The zero-order valence-electron chi connectivity index (χ0n) is 31.0. The largest absolute Gasteiger partial charge is 0.478 e. The topological polar surface area (TPSA) is 135 Å². The number of hydrogen-bond donors (Lipinski definition) is 1. The van der Waals surface area contributed by atoms with Crippen molar-refractivity contribution in [3.8, 4) is 28.7 Å². The van der Waals surface area contributed by atoms with Gasteiger partial charge < -0.3 is 29.0 Å². The Kier molecular flexibility index (Phi) is 11.9. The lowest BCUT2D eigenvalue weighted by Gasteiger charge is -2.44. The second-order valence-corrected chi connectivity index (χ2v) is 13.9. The first-order valence-corrected chi connectivity index (χ1v) is 17.4. The number of halogens is 3. The quantitative estimate of drug-likeness (QED) is 0.156. The van der Waals surface area contributed by atoms with Crippen LogP contribution in [0.25, 0.3) is 33.9 Å². The van der Waals surface area contributed by atoms with Crippen LogP contribution in [0.1, 0.15) is 53.7 Å². The fraction of sp³-hybridized carbons (Fsp3) is 0.556. The number of rotatable bonds is 14. The van der Waals surface area contributed by atoms with E-state index in [1.54, 1.807) is 39.4 Å².